The van der Waals surface area contributed by atoms with Crippen molar-refractivity contribution in [1.29, 1.82) is 0 Å². The molecule has 1 aromatic heterocycles. The summed E-state index contributed by atoms with van der Waals surface area (Å²) in [5.41, 5.74) is 10.9. The number of carbonyl (C=O) groups excluding carboxylic acids is 2. The molecule has 9 nitrogen and oxygen atoms in total. The van der Waals surface area contributed by atoms with Gasteiger partial charge in [-0.05, 0) is 12.1 Å². The lowest BCUT2D eigenvalue weighted by molar-refractivity contribution is 0.0259. The standard InChI is InChI=1S/C16H13Cl3N4O5/c1-26-6-4-3-5-7(12(6)27-2)16(25)28-15(5)23-22-14(24)11-8(17)10(20)9(18)13(19)21-11/h3-4,15,23H,1-2H3,(H2,20,21)(H,22,24)/t15-/m0/s1. The summed E-state index contributed by atoms with van der Waals surface area (Å²) in [6.45, 7) is 0. The zero-order valence-corrected chi connectivity index (χ0v) is 16.7. The Morgan fingerprint density at radius 2 is 1.93 bits per heavy atom. The van der Waals surface area contributed by atoms with E-state index in [1.54, 1.807) is 12.1 Å². The first kappa shape index (κ1) is 20.3. The number of halogens is 3. The molecule has 0 saturated carbocycles. The number of carbonyl (C=O) groups is 2. The molecule has 1 atom stereocenters. The summed E-state index contributed by atoms with van der Waals surface area (Å²) >= 11 is 17.7. The van der Waals surface area contributed by atoms with Gasteiger partial charge >= 0.3 is 5.97 Å². The zero-order chi connectivity index (χ0) is 20.6. The minimum atomic E-state index is -0.981. The number of nitrogen functional groups attached to an aromatic ring is 1. The molecule has 2 aromatic rings. The van der Waals surface area contributed by atoms with Crippen LogP contribution in [0.1, 0.15) is 32.6 Å². The van der Waals surface area contributed by atoms with Crippen LogP contribution in [0.4, 0.5) is 5.69 Å². The normalized spacial score (nSPS) is 15.0. The number of amides is 1. The Hall–Kier alpha value is -2.46. The van der Waals surface area contributed by atoms with E-state index < -0.39 is 18.1 Å². The Bertz CT molecular complexity index is 985. The minimum Gasteiger partial charge on any atom is -0.493 e. The van der Waals surface area contributed by atoms with E-state index in [-0.39, 0.29) is 37.9 Å². The van der Waals surface area contributed by atoms with Gasteiger partial charge in [0.1, 0.15) is 10.6 Å². The Morgan fingerprint density at radius 1 is 1.21 bits per heavy atom. The number of fused-ring (bicyclic) bond motifs is 1. The Morgan fingerprint density at radius 3 is 2.57 bits per heavy atom. The van der Waals surface area contributed by atoms with Gasteiger partial charge < -0.3 is 19.9 Å². The molecule has 0 fully saturated rings. The average Bonchev–Trinajstić information content (AvgIpc) is 3.02. The number of rotatable bonds is 5. The quantitative estimate of drug-likeness (QED) is 0.363. The lowest BCUT2D eigenvalue weighted by atomic mass is 10.1. The van der Waals surface area contributed by atoms with Crippen molar-refractivity contribution < 1.29 is 23.8 Å². The highest BCUT2D eigenvalue weighted by atomic mass is 35.5. The van der Waals surface area contributed by atoms with Crippen molar-refractivity contribution in [3.05, 3.63) is 44.2 Å². The monoisotopic (exact) mass is 446 g/mol. The second kappa shape index (κ2) is 7.88. The van der Waals surface area contributed by atoms with E-state index in [4.69, 9.17) is 54.7 Å². The highest BCUT2D eigenvalue weighted by molar-refractivity contribution is 6.46. The van der Waals surface area contributed by atoms with Crippen molar-refractivity contribution in [2.45, 2.75) is 6.23 Å². The van der Waals surface area contributed by atoms with Crippen molar-refractivity contribution in [2.75, 3.05) is 20.0 Å². The van der Waals surface area contributed by atoms with Crippen LogP contribution in [-0.2, 0) is 4.74 Å². The lowest BCUT2D eigenvalue weighted by Crippen LogP contribution is -2.40. The van der Waals surface area contributed by atoms with Gasteiger partial charge in [-0.3, -0.25) is 10.2 Å². The number of benzene rings is 1. The first-order valence-electron chi connectivity index (χ1n) is 7.61. The third-order valence-electron chi connectivity index (χ3n) is 3.89. The summed E-state index contributed by atoms with van der Waals surface area (Å²) < 4.78 is 15.6. The van der Waals surface area contributed by atoms with Crippen LogP contribution < -0.4 is 26.1 Å². The fraction of sp³-hybridized carbons (Fsp3) is 0.188. The van der Waals surface area contributed by atoms with Gasteiger partial charge in [0.15, 0.2) is 28.6 Å². The van der Waals surface area contributed by atoms with E-state index in [0.717, 1.165) is 0 Å². The molecule has 4 N–H and O–H groups in total. The number of aromatic nitrogens is 1. The maximum atomic E-state index is 12.4. The topological polar surface area (TPSA) is 125 Å². The number of hydrogen-bond donors (Lipinski definition) is 3. The average molecular weight is 448 g/mol. The number of hydrogen-bond acceptors (Lipinski definition) is 8. The summed E-state index contributed by atoms with van der Waals surface area (Å²) in [6.07, 6.45) is -0.981. The van der Waals surface area contributed by atoms with Crippen LogP contribution in [0.3, 0.4) is 0 Å². The molecule has 1 aliphatic rings. The molecule has 28 heavy (non-hydrogen) atoms. The second-order valence-electron chi connectivity index (χ2n) is 5.44. The van der Waals surface area contributed by atoms with Crippen molar-refractivity contribution in [2.24, 2.45) is 0 Å². The summed E-state index contributed by atoms with van der Waals surface area (Å²) in [5, 5.41) is -0.400. The van der Waals surface area contributed by atoms with Gasteiger partial charge in [0.05, 0.1) is 24.9 Å². The van der Waals surface area contributed by atoms with Gasteiger partial charge in [0, 0.05) is 5.56 Å². The van der Waals surface area contributed by atoms with Crippen LogP contribution in [0.2, 0.25) is 15.2 Å². The summed E-state index contributed by atoms with van der Waals surface area (Å²) in [6, 6.07) is 3.21. The molecular formula is C16H13Cl3N4O5. The van der Waals surface area contributed by atoms with Crippen molar-refractivity contribution in [1.82, 2.24) is 15.8 Å². The number of ether oxygens (including phenoxy) is 3. The summed E-state index contributed by atoms with van der Waals surface area (Å²) in [4.78, 5) is 28.4. The van der Waals surface area contributed by atoms with Crippen LogP contribution in [0.5, 0.6) is 11.5 Å². The van der Waals surface area contributed by atoms with Crippen LogP contribution in [-0.4, -0.2) is 31.1 Å². The Balaban J connectivity index is 1.83. The molecule has 1 amide bonds. The SMILES string of the molecule is COc1ccc2c(c1OC)C(=O)O[C@@H]2NNC(=O)c1nc(Cl)c(Cl)c(N)c1Cl. The predicted octanol–water partition coefficient (Wildman–Crippen LogP) is 2.74. The molecule has 1 aromatic carbocycles. The van der Waals surface area contributed by atoms with E-state index in [9.17, 15) is 9.59 Å². The largest absolute Gasteiger partial charge is 0.493 e. The number of nitrogens with zero attached hydrogens (tertiary/aromatic N) is 1. The number of esters is 1. The van der Waals surface area contributed by atoms with Gasteiger partial charge in [-0.25, -0.2) is 9.78 Å². The molecule has 0 spiro atoms. The molecule has 148 valence electrons. The number of methoxy groups -OCH3 is 2. The zero-order valence-electron chi connectivity index (χ0n) is 14.4. The van der Waals surface area contributed by atoms with E-state index >= 15 is 0 Å². The summed E-state index contributed by atoms with van der Waals surface area (Å²) in [5.74, 6) is -0.819. The van der Waals surface area contributed by atoms with Crippen LogP contribution in [0.25, 0.3) is 0 Å². The molecular weight excluding hydrogens is 435 g/mol. The van der Waals surface area contributed by atoms with Gasteiger partial charge in [0.2, 0.25) is 0 Å². The van der Waals surface area contributed by atoms with E-state index in [1.807, 2.05) is 0 Å². The van der Waals surface area contributed by atoms with Crippen molar-refractivity contribution in [3.63, 3.8) is 0 Å². The van der Waals surface area contributed by atoms with Gasteiger partial charge in [0.25, 0.3) is 5.91 Å². The van der Waals surface area contributed by atoms with E-state index in [0.29, 0.717) is 11.3 Å². The molecule has 0 bridgehead atoms. The molecule has 0 radical (unpaired) electrons. The highest BCUT2D eigenvalue weighted by Gasteiger charge is 2.36. The van der Waals surface area contributed by atoms with Gasteiger partial charge in [-0.2, -0.15) is 5.43 Å². The lowest BCUT2D eigenvalue weighted by Gasteiger charge is -2.15. The molecule has 2 heterocycles. The number of hydrazine groups is 1. The van der Waals surface area contributed by atoms with Crippen molar-refractivity contribution in [3.8, 4) is 11.5 Å². The van der Waals surface area contributed by atoms with E-state index in [2.05, 4.69) is 15.8 Å². The Kier molecular flexibility index (Phi) is 5.71. The molecule has 0 saturated heterocycles. The van der Waals surface area contributed by atoms with Crippen LogP contribution >= 0.6 is 34.8 Å². The Labute approximate surface area is 174 Å². The molecule has 12 heteroatoms. The van der Waals surface area contributed by atoms with Crippen LogP contribution in [0, 0.1) is 0 Å². The van der Waals surface area contributed by atoms with E-state index in [1.165, 1.54) is 14.2 Å². The third-order valence-corrected chi connectivity index (χ3v) is 5.03. The first-order chi connectivity index (χ1) is 13.3. The molecule has 0 unspecified atom stereocenters. The fourth-order valence-corrected chi connectivity index (χ4v) is 3.17. The smallest absolute Gasteiger partial charge is 0.344 e. The number of anilines is 1. The number of nitrogens with one attached hydrogen (secondary N) is 2. The maximum absolute atomic E-state index is 12.4. The number of nitrogens with two attached hydrogens (primary N) is 1. The van der Waals surface area contributed by atoms with Crippen molar-refractivity contribution >= 4 is 52.4 Å². The highest BCUT2D eigenvalue weighted by Crippen LogP contribution is 2.40. The number of pyridine rings is 1. The maximum Gasteiger partial charge on any atom is 0.344 e. The minimum absolute atomic E-state index is 0.0594. The number of cyclic esters (lactones) is 1. The first-order valence-corrected chi connectivity index (χ1v) is 8.75. The fourth-order valence-electron chi connectivity index (χ4n) is 2.58. The summed E-state index contributed by atoms with van der Waals surface area (Å²) in [7, 11) is 2.84. The van der Waals surface area contributed by atoms with Crippen LogP contribution in [0.15, 0.2) is 12.1 Å². The molecule has 3 rings (SSSR count). The third kappa shape index (κ3) is 3.37. The molecule has 0 aliphatic carbocycles. The van der Waals surface area contributed by atoms with Gasteiger partial charge in [-0.1, -0.05) is 34.8 Å². The van der Waals surface area contributed by atoms with Gasteiger partial charge in [-0.15, -0.1) is 0 Å². The predicted molar refractivity (Wildman–Crippen MR) is 102 cm³/mol. The second-order valence-corrected chi connectivity index (χ2v) is 6.56. The molecule has 1 aliphatic heterocycles.